The van der Waals surface area contributed by atoms with Gasteiger partial charge in [0, 0.05) is 24.0 Å². The highest BCUT2D eigenvalue weighted by Crippen LogP contribution is 2.20. The number of carbonyl (C=O) groups excluding carboxylic acids is 2. The number of carboxylic acid groups (broad SMARTS) is 1. The molecule has 0 aliphatic rings. The molecule has 1 aromatic carbocycles. The van der Waals surface area contributed by atoms with Gasteiger partial charge in [-0.15, -0.1) is 0 Å². The fourth-order valence-corrected chi connectivity index (χ4v) is 2.67. The van der Waals surface area contributed by atoms with Crippen LogP contribution in [-0.2, 0) is 9.59 Å². The molecule has 1 aromatic heterocycles. The summed E-state index contributed by atoms with van der Waals surface area (Å²) in [5.74, 6) is -2.91. The summed E-state index contributed by atoms with van der Waals surface area (Å²) in [6, 6.07) is 9.44. The number of aliphatic carboxylic acids is 1. The van der Waals surface area contributed by atoms with Crippen molar-refractivity contribution >= 4 is 29.3 Å². The van der Waals surface area contributed by atoms with Gasteiger partial charge in [-0.1, -0.05) is 32.0 Å². The first-order chi connectivity index (χ1) is 15.2. The maximum Gasteiger partial charge on any atom is 0.326 e. The predicted molar refractivity (Wildman–Crippen MR) is 116 cm³/mol. The highest BCUT2D eigenvalue weighted by Gasteiger charge is 2.24. The number of anilines is 1. The molecule has 0 aliphatic heterocycles. The lowest BCUT2D eigenvalue weighted by Crippen LogP contribution is -2.45. The summed E-state index contributed by atoms with van der Waals surface area (Å²) in [4.78, 5) is 51.2. The molecule has 168 valence electrons. The van der Waals surface area contributed by atoms with Crippen LogP contribution in [0.5, 0.6) is 0 Å². The van der Waals surface area contributed by atoms with Gasteiger partial charge in [-0.3, -0.25) is 19.7 Å². The second-order valence-corrected chi connectivity index (χ2v) is 7.14. The van der Waals surface area contributed by atoms with E-state index in [0.29, 0.717) is 0 Å². The van der Waals surface area contributed by atoms with Gasteiger partial charge in [0.1, 0.15) is 11.7 Å². The first-order valence-corrected chi connectivity index (χ1v) is 9.65. The van der Waals surface area contributed by atoms with Gasteiger partial charge in [-0.05, 0) is 30.5 Å². The van der Waals surface area contributed by atoms with Crippen LogP contribution in [0.4, 0.5) is 11.5 Å². The summed E-state index contributed by atoms with van der Waals surface area (Å²) in [7, 11) is 0. The van der Waals surface area contributed by atoms with E-state index < -0.39 is 28.7 Å². The van der Waals surface area contributed by atoms with Gasteiger partial charge in [0.05, 0.1) is 4.92 Å². The van der Waals surface area contributed by atoms with Crippen LogP contribution in [0.3, 0.4) is 0 Å². The van der Waals surface area contributed by atoms with Crippen molar-refractivity contribution in [3.8, 4) is 0 Å². The van der Waals surface area contributed by atoms with Crippen LogP contribution in [0.1, 0.15) is 30.6 Å². The number of nitrogens with zero attached hydrogens (tertiary/aromatic N) is 2. The fraction of sp³-hybridized carbons (Fsp3) is 0.238. The van der Waals surface area contributed by atoms with Gasteiger partial charge in [0.2, 0.25) is 5.82 Å². The summed E-state index contributed by atoms with van der Waals surface area (Å²) < 4.78 is 0. The van der Waals surface area contributed by atoms with Crippen molar-refractivity contribution in [3.63, 3.8) is 0 Å². The van der Waals surface area contributed by atoms with Crippen LogP contribution in [0.2, 0.25) is 0 Å². The third kappa shape index (κ3) is 6.90. The molecule has 2 amide bonds. The molecule has 11 nitrogen and oxygen atoms in total. The molecule has 11 heteroatoms. The Hall–Kier alpha value is -4.28. The molecular weight excluding hydrogens is 418 g/mol. The maximum absolute atomic E-state index is 12.8. The fourth-order valence-electron chi connectivity index (χ4n) is 2.67. The van der Waals surface area contributed by atoms with Crippen LogP contribution in [-0.4, -0.2) is 38.8 Å². The molecule has 0 saturated carbocycles. The van der Waals surface area contributed by atoms with E-state index in [1.807, 2.05) is 0 Å². The molecule has 0 radical (unpaired) electrons. The van der Waals surface area contributed by atoms with E-state index in [4.69, 9.17) is 0 Å². The highest BCUT2D eigenvalue weighted by atomic mass is 16.6. The molecule has 0 spiro atoms. The zero-order valence-electron chi connectivity index (χ0n) is 17.4. The minimum atomic E-state index is -1.23. The van der Waals surface area contributed by atoms with Crippen LogP contribution >= 0.6 is 0 Å². The largest absolute Gasteiger partial charge is 0.480 e. The maximum atomic E-state index is 12.8. The second-order valence-electron chi connectivity index (χ2n) is 7.14. The number of carboxylic acids is 1. The number of benzene rings is 1. The smallest absolute Gasteiger partial charge is 0.326 e. The van der Waals surface area contributed by atoms with Crippen LogP contribution in [0.15, 0.2) is 60.6 Å². The lowest BCUT2D eigenvalue weighted by molar-refractivity contribution is -0.384. The molecule has 0 saturated heterocycles. The first kappa shape index (κ1) is 24.0. The van der Waals surface area contributed by atoms with Crippen LogP contribution < -0.4 is 16.0 Å². The van der Waals surface area contributed by atoms with Crippen LogP contribution in [0.25, 0.3) is 0 Å². The Labute approximate surface area is 183 Å². The van der Waals surface area contributed by atoms with Gasteiger partial charge < -0.3 is 21.1 Å². The minimum absolute atomic E-state index is 0.0166. The van der Waals surface area contributed by atoms with Gasteiger partial charge in [0.15, 0.2) is 0 Å². The van der Waals surface area contributed by atoms with Crippen molar-refractivity contribution in [2.24, 2.45) is 5.92 Å². The topological polar surface area (TPSA) is 164 Å². The number of carbonyl (C=O) groups is 3. The monoisotopic (exact) mass is 441 g/mol. The molecule has 1 heterocycles. The third-order valence-corrected chi connectivity index (χ3v) is 4.18. The molecule has 1 unspecified atom stereocenters. The van der Waals surface area contributed by atoms with Crippen LogP contribution in [0, 0.1) is 16.0 Å². The SMILES string of the molecule is CC(C)CC(NC(=O)/C(=C/Nc1ncccc1[N+](=O)[O-])NC(=O)c1ccccc1)C(=O)O. The number of nitrogens with one attached hydrogen (secondary N) is 3. The second kappa shape index (κ2) is 11.2. The van der Waals surface area contributed by atoms with Gasteiger partial charge in [0.25, 0.3) is 11.8 Å². The lowest BCUT2D eigenvalue weighted by atomic mass is 10.0. The summed E-state index contributed by atoms with van der Waals surface area (Å²) in [5.41, 5.74) is -0.429. The highest BCUT2D eigenvalue weighted by molar-refractivity contribution is 6.03. The van der Waals surface area contributed by atoms with E-state index in [0.717, 1.165) is 6.20 Å². The van der Waals surface area contributed by atoms with E-state index in [-0.39, 0.29) is 35.1 Å². The Morgan fingerprint density at radius 3 is 2.44 bits per heavy atom. The molecule has 2 rings (SSSR count). The number of aromatic nitrogens is 1. The molecule has 4 N–H and O–H groups in total. The van der Waals surface area contributed by atoms with Crippen molar-refractivity contribution in [1.29, 1.82) is 0 Å². The average Bonchev–Trinajstić information content (AvgIpc) is 2.76. The predicted octanol–water partition coefficient (Wildman–Crippen LogP) is 2.29. The summed E-state index contributed by atoms with van der Waals surface area (Å²) in [6.07, 6.45) is 2.51. The molecule has 2 aromatic rings. The first-order valence-electron chi connectivity index (χ1n) is 9.65. The minimum Gasteiger partial charge on any atom is -0.480 e. The summed E-state index contributed by atoms with van der Waals surface area (Å²) in [6.45, 7) is 3.61. The molecular formula is C21H23N5O6. The van der Waals surface area contributed by atoms with E-state index in [2.05, 4.69) is 20.9 Å². The summed E-state index contributed by atoms with van der Waals surface area (Å²) in [5, 5.41) is 27.9. The normalized spacial score (nSPS) is 12.0. The lowest BCUT2D eigenvalue weighted by Gasteiger charge is -2.18. The number of pyridine rings is 1. The number of hydrogen-bond acceptors (Lipinski definition) is 7. The Morgan fingerprint density at radius 1 is 1.16 bits per heavy atom. The molecule has 0 bridgehead atoms. The Bertz CT molecular complexity index is 1020. The number of hydrogen-bond donors (Lipinski definition) is 4. The van der Waals surface area contributed by atoms with E-state index >= 15 is 0 Å². The van der Waals surface area contributed by atoms with Crippen molar-refractivity contribution in [3.05, 3.63) is 76.2 Å². The summed E-state index contributed by atoms with van der Waals surface area (Å²) >= 11 is 0. The third-order valence-electron chi connectivity index (χ3n) is 4.18. The average molecular weight is 441 g/mol. The van der Waals surface area contributed by atoms with Crippen molar-refractivity contribution in [1.82, 2.24) is 15.6 Å². The Kier molecular flexibility index (Phi) is 8.40. The number of nitro groups is 1. The Balaban J connectivity index is 2.32. The molecule has 1 atom stereocenters. The van der Waals surface area contributed by atoms with Gasteiger partial charge >= 0.3 is 11.7 Å². The van der Waals surface area contributed by atoms with E-state index in [1.165, 1.54) is 30.5 Å². The Morgan fingerprint density at radius 2 is 1.84 bits per heavy atom. The standard InChI is InChI=1S/C21H23N5O6/c1-13(2)11-15(21(29)30)24-20(28)16(25-19(27)14-7-4-3-5-8-14)12-23-18-17(26(31)32)9-6-10-22-18/h3-10,12-13,15H,11H2,1-2H3,(H,22,23)(H,24,28)(H,25,27)(H,29,30)/b16-12-. The molecule has 0 aliphatic carbocycles. The van der Waals surface area contributed by atoms with Gasteiger partial charge in [-0.2, -0.15) is 0 Å². The number of rotatable bonds is 10. The van der Waals surface area contributed by atoms with E-state index in [1.54, 1.807) is 32.0 Å². The number of amides is 2. The van der Waals surface area contributed by atoms with Crippen molar-refractivity contribution < 1.29 is 24.4 Å². The zero-order valence-corrected chi connectivity index (χ0v) is 17.4. The van der Waals surface area contributed by atoms with E-state index in [9.17, 15) is 29.6 Å². The molecule has 0 fully saturated rings. The molecule has 32 heavy (non-hydrogen) atoms. The van der Waals surface area contributed by atoms with Crippen molar-refractivity contribution in [2.45, 2.75) is 26.3 Å². The van der Waals surface area contributed by atoms with Gasteiger partial charge in [-0.25, -0.2) is 9.78 Å². The van der Waals surface area contributed by atoms with Crippen molar-refractivity contribution in [2.75, 3.05) is 5.32 Å². The zero-order chi connectivity index (χ0) is 23.7. The quantitative estimate of drug-likeness (QED) is 0.248.